The van der Waals surface area contributed by atoms with Crippen molar-refractivity contribution >= 4 is 29.1 Å². The first-order valence-electron chi connectivity index (χ1n) is 7.05. The van der Waals surface area contributed by atoms with Crippen LogP contribution in [0.3, 0.4) is 0 Å². The van der Waals surface area contributed by atoms with Gasteiger partial charge in [-0.2, -0.15) is 13.2 Å². The molecule has 0 fully saturated rings. The Labute approximate surface area is 155 Å². The third-order valence-corrected chi connectivity index (χ3v) is 3.57. The number of carbonyl (C=O) groups excluding carboxylic acids is 1. The standard InChI is InChI=1S/C15H11ClF3N3O5/c1-21(14(23)26-2)12-6-9(3-4-11(12)22(24)25)27-13-10(16)5-8(7-20-13)15(17,18)19/h3-7H,1-2H3. The van der Waals surface area contributed by atoms with Crippen LogP contribution in [-0.4, -0.2) is 30.2 Å². The van der Waals surface area contributed by atoms with Crippen LogP contribution in [0.4, 0.5) is 29.3 Å². The van der Waals surface area contributed by atoms with Gasteiger partial charge in [0.2, 0.25) is 5.88 Å². The van der Waals surface area contributed by atoms with E-state index >= 15 is 0 Å². The van der Waals surface area contributed by atoms with Crippen molar-refractivity contribution < 1.29 is 32.4 Å². The van der Waals surface area contributed by atoms with Crippen LogP contribution < -0.4 is 9.64 Å². The number of carbonyl (C=O) groups is 1. The number of nitro groups is 1. The first-order valence-corrected chi connectivity index (χ1v) is 7.43. The quantitative estimate of drug-likeness (QED) is 0.542. The fourth-order valence-electron chi connectivity index (χ4n) is 1.99. The van der Waals surface area contributed by atoms with Crippen LogP contribution in [0.15, 0.2) is 30.5 Å². The topological polar surface area (TPSA) is 94.8 Å². The Kier molecular flexibility index (Phi) is 5.74. The zero-order chi connectivity index (χ0) is 20.4. The summed E-state index contributed by atoms with van der Waals surface area (Å²) in [5, 5.41) is 10.7. The van der Waals surface area contributed by atoms with Gasteiger partial charge < -0.3 is 9.47 Å². The van der Waals surface area contributed by atoms with Crippen LogP contribution in [0, 0.1) is 10.1 Å². The molecule has 0 aliphatic carbocycles. The largest absolute Gasteiger partial charge is 0.452 e. The Morgan fingerprint density at radius 1 is 1.33 bits per heavy atom. The molecule has 0 N–H and O–H groups in total. The molecule has 0 aliphatic heterocycles. The number of aromatic nitrogens is 1. The predicted octanol–water partition coefficient (Wildman–Crippen LogP) is 4.66. The molecule has 0 saturated carbocycles. The first-order chi connectivity index (χ1) is 12.5. The molecular formula is C15H11ClF3N3O5. The summed E-state index contributed by atoms with van der Waals surface area (Å²) in [4.78, 5) is 26.4. The van der Waals surface area contributed by atoms with Crippen LogP contribution in [0.5, 0.6) is 11.6 Å². The minimum absolute atomic E-state index is 0.0412. The number of amides is 1. The number of benzene rings is 1. The molecule has 0 spiro atoms. The van der Waals surface area contributed by atoms with E-state index < -0.39 is 33.5 Å². The fourth-order valence-corrected chi connectivity index (χ4v) is 2.20. The lowest BCUT2D eigenvalue weighted by Crippen LogP contribution is -2.26. The summed E-state index contributed by atoms with van der Waals surface area (Å²) in [5.74, 6) is -0.384. The van der Waals surface area contributed by atoms with E-state index in [4.69, 9.17) is 16.3 Å². The normalized spacial score (nSPS) is 11.0. The lowest BCUT2D eigenvalue weighted by molar-refractivity contribution is -0.384. The maximum atomic E-state index is 12.6. The molecular weight excluding hydrogens is 395 g/mol. The predicted molar refractivity (Wildman–Crippen MR) is 88.2 cm³/mol. The maximum Gasteiger partial charge on any atom is 0.417 e. The van der Waals surface area contributed by atoms with E-state index in [9.17, 15) is 28.1 Å². The molecule has 0 atom stereocenters. The molecule has 144 valence electrons. The Hall–Kier alpha value is -3.08. The molecule has 1 amide bonds. The number of rotatable bonds is 4. The van der Waals surface area contributed by atoms with Gasteiger partial charge in [-0.05, 0) is 12.1 Å². The van der Waals surface area contributed by atoms with E-state index in [1.807, 2.05) is 0 Å². The molecule has 0 bridgehead atoms. The Balaban J connectivity index is 2.40. The molecule has 0 saturated heterocycles. The van der Waals surface area contributed by atoms with E-state index in [1.165, 1.54) is 13.1 Å². The van der Waals surface area contributed by atoms with E-state index in [0.29, 0.717) is 12.3 Å². The molecule has 2 rings (SSSR count). The molecule has 0 aliphatic rings. The number of ether oxygens (including phenoxy) is 2. The first kappa shape index (κ1) is 20.2. The van der Waals surface area contributed by atoms with Crippen molar-refractivity contribution in [1.82, 2.24) is 4.98 Å². The van der Waals surface area contributed by atoms with Crippen molar-refractivity contribution in [3.05, 3.63) is 51.2 Å². The van der Waals surface area contributed by atoms with Crippen LogP contribution in [0.1, 0.15) is 5.56 Å². The van der Waals surface area contributed by atoms with Gasteiger partial charge in [0.15, 0.2) is 0 Å². The number of anilines is 1. The number of hydrogen-bond acceptors (Lipinski definition) is 6. The van der Waals surface area contributed by atoms with E-state index in [-0.39, 0.29) is 17.3 Å². The van der Waals surface area contributed by atoms with Gasteiger partial charge in [-0.1, -0.05) is 11.6 Å². The molecule has 1 aromatic carbocycles. The van der Waals surface area contributed by atoms with Crippen molar-refractivity contribution in [2.45, 2.75) is 6.18 Å². The number of methoxy groups -OCH3 is 1. The molecule has 27 heavy (non-hydrogen) atoms. The highest BCUT2D eigenvalue weighted by molar-refractivity contribution is 6.31. The van der Waals surface area contributed by atoms with Crippen molar-refractivity contribution in [2.75, 3.05) is 19.1 Å². The van der Waals surface area contributed by atoms with E-state index in [0.717, 1.165) is 24.1 Å². The van der Waals surface area contributed by atoms with Crippen molar-refractivity contribution in [3.8, 4) is 11.6 Å². The Bertz CT molecular complexity index is 891. The average Bonchev–Trinajstić information content (AvgIpc) is 2.60. The third-order valence-electron chi connectivity index (χ3n) is 3.30. The van der Waals surface area contributed by atoms with Gasteiger partial charge in [0, 0.05) is 25.4 Å². The molecule has 0 radical (unpaired) electrons. The van der Waals surface area contributed by atoms with Gasteiger partial charge >= 0.3 is 12.3 Å². The second kappa shape index (κ2) is 7.66. The Morgan fingerprint density at radius 3 is 2.52 bits per heavy atom. The number of halogens is 4. The van der Waals surface area contributed by atoms with Gasteiger partial charge in [0.25, 0.3) is 5.69 Å². The van der Waals surface area contributed by atoms with E-state index in [1.54, 1.807) is 0 Å². The van der Waals surface area contributed by atoms with Gasteiger partial charge in [0.05, 0.1) is 17.6 Å². The summed E-state index contributed by atoms with van der Waals surface area (Å²) in [6, 6.07) is 4.01. The number of alkyl halides is 3. The third kappa shape index (κ3) is 4.56. The van der Waals surface area contributed by atoms with Crippen molar-refractivity contribution in [1.29, 1.82) is 0 Å². The van der Waals surface area contributed by atoms with Gasteiger partial charge in [-0.3, -0.25) is 15.0 Å². The second-order valence-electron chi connectivity index (χ2n) is 5.05. The summed E-state index contributed by atoms with van der Waals surface area (Å²) >= 11 is 5.76. The molecule has 12 heteroatoms. The molecule has 1 aromatic heterocycles. The Morgan fingerprint density at radius 2 is 2.00 bits per heavy atom. The summed E-state index contributed by atoms with van der Waals surface area (Å²) in [5.41, 5.74) is -1.64. The SMILES string of the molecule is COC(=O)N(C)c1cc(Oc2ncc(C(F)(F)F)cc2Cl)ccc1[N+](=O)[O-]. The fraction of sp³-hybridized carbons (Fsp3) is 0.200. The smallest absolute Gasteiger partial charge is 0.417 e. The molecule has 8 nitrogen and oxygen atoms in total. The van der Waals surface area contributed by atoms with Crippen LogP contribution in [0.2, 0.25) is 5.02 Å². The van der Waals surface area contributed by atoms with Crippen LogP contribution in [-0.2, 0) is 10.9 Å². The second-order valence-corrected chi connectivity index (χ2v) is 5.45. The number of nitrogens with zero attached hydrogens (tertiary/aromatic N) is 3. The van der Waals surface area contributed by atoms with Gasteiger partial charge in [-0.25, -0.2) is 9.78 Å². The lowest BCUT2D eigenvalue weighted by Gasteiger charge is -2.16. The van der Waals surface area contributed by atoms with Gasteiger partial charge in [0.1, 0.15) is 16.5 Å². The molecule has 1 heterocycles. The zero-order valence-corrected chi connectivity index (χ0v) is 14.5. The summed E-state index contributed by atoms with van der Waals surface area (Å²) in [6.45, 7) is 0. The summed E-state index contributed by atoms with van der Waals surface area (Å²) in [7, 11) is 2.33. The average molecular weight is 406 g/mol. The monoisotopic (exact) mass is 405 g/mol. The summed E-state index contributed by atoms with van der Waals surface area (Å²) < 4.78 is 47.7. The van der Waals surface area contributed by atoms with Gasteiger partial charge in [-0.15, -0.1) is 0 Å². The maximum absolute atomic E-state index is 12.6. The zero-order valence-electron chi connectivity index (χ0n) is 13.8. The highest BCUT2D eigenvalue weighted by Crippen LogP contribution is 2.37. The number of hydrogen-bond donors (Lipinski definition) is 0. The summed E-state index contributed by atoms with van der Waals surface area (Å²) in [6.07, 6.45) is -4.96. The lowest BCUT2D eigenvalue weighted by atomic mass is 10.2. The molecule has 0 unspecified atom stereocenters. The highest BCUT2D eigenvalue weighted by atomic mass is 35.5. The minimum atomic E-state index is -4.63. The minimum Gasteiger partial charge on any atom is -0.452 e. The number of nitro benzene ring substituents is 1. The molecule has 2 aromatic rings. The van der Waals surface area contributed by atoms with Crippen molar-refractivity contribution in [2.24, 2.45) is 0 Å². The van der Waals surface area contributed by atoms with Crippen LogP contribution >= 0.6 is 11.6 Å². The van der Waals surface area contributed by atoms with Crippen LogP contribution in [0.25, 0.3) is 0 Å². The van der Waals surface area contributed by atoms with Crippen molar-refractivity contribution in [3.63, 3.8) is 0 Å². The highest BCUT2D eigenvalue weighted by Gasteiger charge is 2.32. The van der Waals surface area contributed by atoms with E-state index in [2.05, 4.69) is 9.72 Å². The number of pyridine rings is 1.